The molecule has 1 spiro atoms. The molecule has 0 saturated heterocycles. The third-order valence-corrected chi connectivity index (χ3v) is 6.87. The van der Waals surface area contributed by atoms with Crippen LogP contribution in [0.2, 0.25) is 0 Å². The highest BCUT2D eigenvalue weighted by Crippen LogP contribution is 2.54. The van der Waals surface area contributed by atoms with Crippen LogP contribution in [0.25, 0.3) is 0 Å². The minimum atomic E-state index is 0.293. The molecule has 3 atom stereocenters. The highest BCUT2D eigenvalue weighted by Gasteiger charge is 2.57. The van der Waals surface area contributed by atoms with E-state index in [0.29, 0.717) is 23.6 Å². The average Bonchev–Trinajstić information content (AvgIpc) is 3.25. The number of ether oxygens (including phenoxy) is 1. The molecule has 6 heteroatoms. The van der Waals surface area contributed by atoms with Gasteiger partial charge in [0.05, 0.1) is 11.8 Å². The van der Waals surface area contributed by atoms with Crippen molar-refractivity contribution in [3.05, 3.63) is 17.0 Å². The summed E-state index contributed by atoms with van der Waals surface area (Å²) in [5.74, 6) is 0.945. The molecule has 2 saturated carbocycles. The normalized spacial score (nSPS) is 25.0. The van der Waals surface area contributed by atoms with Crippen molar-refractivity contribution in [3.8, 4) is 0 Å². The summed E-state index contributed by atoms with van der Waals surface area (Å²) >= 11 is 0. The van der Waals surface area contributed by atoms with Crippen molar-refractivity contribution in [2.45, 2.75) is 91.3 Å². The second-order valence-corrected chi connectivity index (χ2v) is 8.66. The fourth-order valence-corrected chi connectivity index (χ4v) is 5.25. The SMILES string of the molecule is CCN=C(NC(C)Cc1c(C)nn(C)c1C)NC1CC(OCC)C12CCCC2. The lowest BCUT2D eigenvalue weighted by atomic mass is 9.60. The lowest BCUT2D eigenvalue weighted by Gasteiger charge is -2.54. The monoisotopic (exact) mass is 389 g/mol. The van der Waals surface area contributed by atoms with Crippen LogP contribution in [-0.4, -0.2) is 47.1 Å². The first-order chi connectivity index (χ1) is 13.4. The maximum atomic E-state index is 6.07. The molecule has 0 bridgehead atoms. The fourth-order valence-electron chi connectivity index (χ4n) is 5.25. The Morgan fingerprint density at radius 3 is 2.61 bits per heavy atom. The molecule has 1 aromatic rings. The Labute approximate surface area is 170 Å². The number of nitrogens with one attached hydrogen (secondary N) is 2. The smallest absolute Gasteiger partial charge is 0.191 e. The summed E-state index contributed by atoms with van der Waals surface area (Å²) in [5, 5.41) is 12.0. The number of rotatable bonds is 7. The third kappa shape index (κ3) is 4.07. The number of aryl methyl sites for hydroxylation is 2. The van der Waals surface area contributed by atoms with E-state index in [0.717, 1.165) is 37.6 Å². The quantitative estimate of drug-likeness (QED) is 0.555. The van der Waals surface area contributed by atoms with Gasteiger partial charge in [-0.25, -0.2) is 0 Å². The van der Waals surface area contributed by atoms with Crippen LogP contribution in [0.15, 0.2) is 4.99 Å². The first-order valence-corrected chi connectivity index (χ1v) is 11.1. The number of guanidine groups is 1. The molecule has 28 heavy (non-hydrogen) atoms. The Bertz CT molecular complexity index is 689. The van der Waals surface area contributed by atoms with Crippen molar-refractivity contribution in [1.82, 2.24) is 20.4 Å². The van der Waals surface area contributed by atoms with Gasteiger partial charge in [0, 0.05) is 43.4 Å². The standard InChI is InChI=1S/C22H39N5O/c1-7-23-21(24-15(3)13-18-16(4)26-27(6)17(18)5)25-19-14-20(28-8-2)22(19)11-9-10-12-22/h15,19-20H,7-14H2,1-6H3,(H2,23,24,25). The Hall–Kier alpha value is -1.56. The largest absolute Gasteiger partial charge is 0.378 e. The van der Waals surface area contributed by atoms with Gasteiger partial charge in [0.15, 0.2) is 5.96 Å². The second-order valence-electron chi connectivity index (χ2n) is 8.66. The van der Waals surface area contributed by atoms with Crippen LogP contribution in [0.3, 0.4) is 0 Å². The zero-order valence-corrected chi connectivity index (χ0v) is 18.6. The molecule has 2 fully saturated rings. The van der Waals surface area contributed by atoms with Crippen molar-refractivity contribution in [2.24, 2.45) is 17.5 Å². The molecular weight excluding hydrogens is 350 g/mol. The number of hydrogen-bond donors (Lipinski definition) is 2. The van der Waals surface area contributed by atoms with Crippen LogP contribution < -0.4 is 10.6 Å². The highest BCUT2D eigenvalue weighted by atomic mass is 16.5. The van der Waals surface area contributed by atoms with Gasteiger partial charge in [-0.15, -0.1) is 0 Å². The number of aliphatic imine (C=N–C) groups is 1. The van der Waals surface area contributed by atoms with Gasteiger partial charge in [-0.2, -0.15) is 5.10 Å². The average molecular weight is 390 g/mol. The fraction of sp³-hybridized carbons (Fsp3) is 0.818. The molecule has 0 radical (unpaired) electrons. The summed E-state index contributed by atoms with van der Waals surface area (Å²) < 4.78 is 8.04. The van der Waals surface area contributed by atoms with Crippen molar-refractivity contribution < 1.29 is 4.74 Å². The van der Waals surface area contributed by atoms with E-state index in [1.807, 2.05) is 11.7 Å². The summed E-state index contributed by atoms with van der Waals surface area (Å²) in [7, 11) is 2.02. The van der Waals surface area contributed by atoms with E-state index < -0.39 is 0 Å². The van der Waals surface area contributed by atoms with Crippen LogP contribution in [0.1, 0.15) is 69.8 Å². The lowest BCUT2D eigenvalue weighted by molar-refractivity contribution is -0.125. The molecule has 0 amide bonds. The molecule has 1 heterocycles. The van der Waals surface area contributed by atoms with Crippen LogP contribution in [-0.2, 0) is 18.2 Å². The summed E-state index contributed by atoms with van der Waals surface area (Å²) in [6, 6.07) is 0.764. The van der Waals surface area contributed by atoms with Crippen molar-refractivity contribution >= 4 is 5.96 Å². The first-order valence-electron chi connectivity index (χ1n) is 11.1. The molecule has 2 aliphatic carbocycles. The van der Waals surface area contributed by atoms with E-state index in [1.165, 1.54) is 36.9 Å². The van der Waals surface area contributed by atoms with E-state index >= 15 is 0 Å². The number of aromatic nitrogens is 2. The Morgan fingerprint density at radius 1 is 1.32 bits per heavy atom. The Kier molecular flexibility index (Phi) is 6.69. The van der Waals surface area contributed by atoms with Crippen LogP contribution in [0.5, 0.6) is 0 Å². The van der Waals surface area contributed by atoms with Crippen molar-refractivity contribution in [1.29, 1.82) is 0 Å². The lowest BCUT2D eigenvalue weighted by Crippen LogP contribution is -2.65. The van der Waals surface area contributed by atoms with E-state index in [4.69, 9.17) is 9.73 Å². The van der Waals surface area contributed by atoms with Crippen molar-refractivity contribution in [2.75, 3.05) is 13.2 Å². The summed E-state index contributed by atoms with van der Waals surface area (Å²) in [6.07, 6.45) is 7.66. The highest BCUT2D eigenvalue weighted by molar-refractivity contribution is 5.80. The zero-order chi connectivity index (χ0) is 20.3. The van der Waals surface area contributed by atoms with Gasteiger partial charge in [-0.1, -0.05) is 12.8 Å². The van der Waals surface area contributed by atoms with Gasteiger partial charge < -0.3 is 15.4 Å². The van der Waals surface area contributed by atoms with Gasteiger partial charge >= 0.3 is 0 Å². The van der Waals surface area contributed by atoms with Crippen LogP contribution in [0, 0.1) is 19.3 Å². The van der Waals surface area contributed by atoms with Gasteiger partial charge in [-0.3, -0.25) is 9.67 Å². The maximum Gasteiger partial charge on any atom is 0.191 e. The van der Waals surface area contributed by atoms with Gasteiger partial charge in [0.2, 0.25) is 0 Å². The zero-order valence-electron chi connectivity index (χ0n) is 18.6. The molecule has 3 rings (SSSR count). The molecule has 158 valence electrons. The van der Waals surface area contributed by atoms with E-state index in [1.54, 1.807) is 0 Å². The minimum absolute atomic E-state index is 0.293. The second kappa shape index (κ2) is 8.85. The van der Waals surface area contributed by atoms with Gasteiger partial charge in [0.25, 0.3) is 0 Å². The number of nitrogens with zero attached hydrogens (tertiary/aromatic N) is 3. The summed E-state index contributed by atoms with van der Waals surface area (Å²) in [6.45, 7) is 12.3. The molecule has 0 aliphatic heterocycles. The molecule has 3 unspecified atom stereocenters. The number of hydrogen-bond acceptors (Lipinski definition) is 3. The molecule has 2 aliphatic rings. The molecule has 0 aromatic carbocycles. The topological polar surface area (TPSA) is 63.5 Å². The summed E-state index contributed by atoms with van der Waals surface area (Å²) in [5.41, 5.74) is 4.02. The Morgan fingerprint density at radius 2 is 2.04 bits per heavy atom. The van der Waals surface area contributed by atoms with Crippen LogP contribution >= 0.6 is 0 Å². The third-order valence-electron chi connectivity index (χ3n) is 6.87. The van der Waals surface area contributed by atoms with Crippen LogP contribution in [0.4, 0.5) is 0 Å². The molecule has 6 nitrogen and oxygen atoms in total. The molecule has 1 aromatic heterocycles. The summed E-state index contributed by atoms with van der Waals surface area (Å²) in [4.78, 5) is 4.74. The predicted octanol–water partition coefficient (Wildman–Crippen LogP) is 3.26. The van der Waals surface area contributed by atoms with Gasteiger partial charge in [0.1, 0.15) is 0 Å². The first kappa shape index (κ1) is 21.2. The van der Waals surface area contributed by atoms with E-state index in [-0.39, 0.29) is 0 Å². The molecule has 2 N–H and O–H groups in total. The minimum Gasteiger partial charge on any atom is -0.378 e. The van der Waals surface area contributed by atoms with Gasteiger partial charge in [-0.05, 0) is 65.9 Å². The van der Waals surface area contributed by atoms with E-state index in [9.17, 15) is 0 Å². The molecular formula is C22H39N5O. The van der Waals surface area contributed by atoms with Crippen molar-refractivity contribution in [3.63, 3.8) is 0 Å². The Balaban J connectivity index is 1.63. The maximum absolute atomic E-state index is 6.07. The predicted molar refractivity (Wildman–Crippen MR) is 115 cm³/mol. The van der Waals surface area contributed by atoms with E-state index in [2.05, 4.69) is 50.4 Å².